The van der Waals surface area contributed by atoms with E-state index >= 15 is 0 Å². The quantitative estimate of drug-likeness (QED) is 0.433. The summed E-state index contributed by atoms with van der Waals surface area (Å²) >= 11 is 0. The lowest BCUT2D eigenvalue weighted by Gasteiger charge is -2.39. The summed E-state index contributed by atoms with van der Waals surface area (Å²) in [6, 6.07) is 15.6. The molecule has 7 heteroatoms. The van der Waals surface area contributed by atoms with E-state index < -0.39 is 6.04 Å². The highest BCUT2D eigenvalue weighted by Gasteiger charge is 2.50. The number of nitrogens with zero attached hydrogens (tertiary/aromatic N) is 3. The molecule has 192 valence electrons. The van der Waals surface area contributed by atoms with E-state index in [1.54, 1.807) is 0 Å². The minimum Gasteiger partial charge on any atom is -0.474 e. The number of rotatable bonds is 7. The first-order valence-corrected chi connectivity index (χ1v) is 12.9. The minimum absolute atomic E-state index is 0.120. The van der Waals surface area contributed by atoms with Crippen molar-refractivity contribution < 1.29 is 13.9 Å². The van der Waals surface area contributed by atoms with Gasteiger partial charge in [0.2, 0.25) is 5.91 Å². The molecule has 1 saturated carbocycles. The van der Waals surface area contributed by atoms with Gasteiger partial charge in [0.1, 0.15) is 23.2 Å². The first kappa shape index (κ1) is 24.9. The maximum absolute atomic E-state index is 13.4. The van der Waals surface area contributed by atoms with Crippen LogP contribution in [0.1, 0.15) is 51.5 Å². The number of fused-ring (bicyclic) bond motifs is 3. The summed E-state index contributed by atoms with van der Waals surface area (Å²) in [5.74, 6) is 1.33. The number of nitrogens with one attached hydrogen (secondary N) is 1. The van der Waals surface area contributed by atoms with Crippen LogP contribution in [0.2, 0.25) is 0 Å². The van der Waals surface area contributed by atoms with E-state index in [1.807, 2.05) is 75.1 Å². The fourth-order valence-electron chi connectivity index (χ4n) is 5.77. The Morgan fingerprint density at radius 2 is 1.97 bits per heavy atom. The van der Waals surface area contributed by atoms with Gasteiger partial charge in [-0.25, -0.2) is 4.98 Å². The molecule has 1 aromatic heterocycles. The molecule has 37 heavy (non-hydrogen) atoms. The lowest BCUT2D eigenvalue weighted by atomic mass is 9.97. The lowest BCUT2D eigenvalue weighted by molar-refractivity contribution is -0.130. The topological polar surface area (TPSA) is 91.4 Å². The first-order chi connectivity index (χ1) is 17.6. The van der Waals surface area contributed by atoms with Crippen molar-refractivity contribution in [3.05, 3.63) is 66.4 Å². The summed E-state index contributed by atoms with van der Waals surface area (Å²) < 4.78 is 11.6. The predicted molar refractivity (Wildman–Crippen MR) is 142 cm³/mol. The van der Waals surface area contributed by atoms with Crippen LogP contribution < -0.4 is 5.32 Å². The number of aromatic nitrogens is 1. The molecule has 5 rings (SSSR count). The second-order valence-electron chi connectivity index (χ2n) is 11.2. The van der Waals surface area contributed by atoms with Crippen LogP contribution in [-0.2, 0) is 16.0 Å². The van der Waals surface area contributed by atoms with Gasteiger partial charge in [0, 0.05) is 19.4 Å². The van der Waals surface area contributed by atoms with Gasteiger partial charge in [0.25, 0.3) is 0 Å². The Balaban J connectivity index is 1.25. The van der Waals surface area contributed by atoms with Crippen molar-refractivity contribution in [2.75, 3.05) is 0 Å². The SMILES string of the molecule is C=C(OC(C)(C)C)N1[C@@H]2CC[C@@H](C2)[C@H]1C(=O)N[C@H](C#N)Cc1ccc(-c2ccc3oc(C)nc3c2)cc1. The maximum atomic E-state index is 13.4. The summed E-state index contributed by atoms with van der Waals surface area (Å²) in [5.41, 5.74) is 4.30. The second kappa shape index (κ2) is 9.59. The monoisotopic (exact) mass is 498 g/mol. The van der Waals surface area contributed by atoms with Gasteiger partial charge in [-0.3, -0.25) is 4.79 Å². The number of aryl methyl sites for hydroxylation is 1. The van der Waals surface area contributed by atoms with Crippen LogP contribution in [0.15, 0.2) is 59.3 Å². The highest BCUT2D eigenvalue weighted by atomic mass is 16.5. The van der Waals surface area contributed by atoms with E-state index in [1.165, 1.54) is 0 Å². The molecule has 2 aliphatic rings. The number of piperidine rings is 1. The molecular weight excluding hydrogens is 464 g/mol. The fourth-order valence-corrected chi connectivity index (χ4v) is 5.77. The van der Waals surface area contributed by atoms with Crippen LogP contribution in [0.5, 0.6) is 0 Å². The minimum atomic E-state index is -0.620. The zero-order valence-electron chi connectivity index (χ0n) is 22.0. The Labute approximate surface area is 218 Å². The Morgan fingerprint density at radius 1 is 1.24 bits per heavy atom. The van der Waals surface area contributed by atoms with Gasteiger partial charge < -0.3 is 19.4 Å². The van der Waals surface area contributed by atoms with Crippen molar-refractivity contribution in [2.24, 2.45) is 5.92 Å². The summed E-state index contributed by atoms with van der Waals surface area (Å²) in [7, 11) is 0. The van der Waals surface area contributed by atoms with Crippen molar-refractivity contribution in [2.45, 2.75) is 77.1 Å². The van der Waals surface area contributed by atoms with Gasteiger partial charge in [-0.2, -0.15) is 5.26 Å². The summed E-state index contributed by atoms with van der Waals surface area (Å²) in [6.45, 7) is 11.9. The second-order valence-corrected chi connectivity index (χ2v) is 11.2. The molecule has 1 aliphatic heterocycles. The number of benzene rings is 2. The highest BCUT2D eigenvalue weighted by Crippen LogP contribution is 2.45. The normalized spacial score (nSPS) is 21.6. The third-order valence-electron chi connectivity index (χ3n) is 7.26. The molecular formula is C30H34N4O3. The molecule has 1 amide bonds. The molecule has 1 aliphatic carbocycles. The number of hydrogen-bond donors (Lipinski definition) is 1. The number of likely N-dealkylation sites (tertiary alicyclic amines) is 1. The Hall–Kier alpha value is -3.79. The summed E-state index contributed by atoms with van der Waals surface area (Å²) in [5, 5.41) is 12.8. The zero-order valence-corrected chi connectivity index (χ0v) is 22.0. The molecule has 2 aromatic carbocycles. The van der Waals surface area contributed by atoms with Gasteiger partial charge in [-0.15, -0.1) is 0 Å². The third-order valence-corrected chi connectivity index (χ3v) is 7.26. The maximum Gasteiger partial charge on any atom is 0.244 e. The molecule has 4 atom stereocenters. The average Bonchev–Trinajstić information content (AvgIpc) is 3.56. The van der Waals surface area contributed by atoms with Crippen molar-refractivity contribution in [1.82, 2.24) is 15.2 Å². The van der Waals surface area contributed by atoms with Crippen molar-refractivity contribution in [1.29, 1.82) is 5.26 Å². The van der Waals surface area contributed by atoms with Crippen LogP contribution in [-0.4, -0.2) is 39.5 Å². The molecule has 2 heterocycles. The highest BCUT2D eigenvalue weighted by molar-refractivity contribution is 5.84. The molecule has 1 saturated heterocycles. The number of amides is 1. The van der Waals surface area contributed by atoms with Gasteiger partial charge >= 0.3 is 0 Å². The van der Waals surface area contributed by atoms with Gasteiger partial charge in [-0.05, 0) is 81.4 Å². The number of carbonyl (C=O) groups excluding carboxylic acids is 1. The molecule has 2 bridgehead atoms. The molecule has 0 spiro atoms. The molecule has 0 unspecified atom stereocenters. The van der Waals surface area contributed by atoms with Crippen LogP contribution >= 0.6 is 0 Å². The largest absolute Gasteiger partial charge is 0.474 e. The zero-order chi connectivity index (χ0) is 26.3. The van der Waals surface area contributed by atoms with Gasteiger partial charge in [-0.1, -0.05) is 30.3 Å². The molecule has 1 N–H and O–H groups in total. The summed E-state index contributed by atoms with van der Waals surface area (Å²) in [4.78, 5) is 19.9. The lowest BCUT2D eigenvalue weighted by Crippen LogP contribution is -2.52. The number of nitriles is 1. The van der Waals surface area contributed by atoms with E-state index in [0.29, 0.717) is 18.2 Å². The van der Waals surface area contributed by atoms with E-state index in [-0.39, 0.29) is 29.5 Å². The van der Waals surface area contributed by atoms with Crippen LogP contribution in [0.4, 0.5) is 0 Å². The standard InChI is InChI=1S/C30H34N4O3/c1-18-32-26-16-22(11-13-27(26)36-18)21-8-6-20(7-9-21)14-24(17-31)33-29(35)28-23-10-12-25(15-23)34(28)19(2)37-30(3,4)5/h6-9,11,13,16,23-25,28H,2,10,12,14-15H2,1,3-5H3,(H,33,35)/t23-,24-,25+,28-/m0/s1. The number of oxazole rings is 1. The molecule has 2 fully saturated rings. The smallest absolute Gasteiger partial charge is 0.244 e. The molecule has 0 radical (unpaired) electrons. The van der Waals surface area contributed by atoms with Crippen LogP contribution in [0.25, 0.3) is 22.2 Å². The van der Waals surface area contributed by atoms with Crippen molar-refractivity contribution in [3.63, 3.8) is 0 Å². The van der Waals surface area contributed by atoms with Crippen LogP contribution in [0.3, 0.4) is 0 Å². The van der Waals surface area contributed by atoms with Gasteiger partial charge in [0.15, 0.2) is 17.4 Å². The molecule has 7 nitrogen and oxygen atoms in total. The average molecular weight is 499 g/mol. The van der Waals surface area contributed by atoms with Crippen molar-refractivity contribution in [3.8, 4) is 17.2 Å². The number of hydrogen-bond acceptors (Lipinski definition) is 6. The number of ether oxygens (including phenoxy) is 1. The van der Waals surface area contributed by atoms with Crippen LogP contribution in [0, 0.1) is 24.2 Å². The van der Waals surface area contributed by atoms with E-state index in [9.17, 15) is 10.1 Å². The fraction of sp³-hybridized carbons (Fsp3) is 0.433. The summed E-state index contributed by atoms with van der Waals surface area (Å²) in [6.07, 6.45) is 3.45. The molecule has 3 aromatic rings. The Kier molecular flexibility index (Phi) is 6.45. The van der Waals surface area contributed by atoms with Crippen molar-refractivity contribution >= 4 is 17.0 Å². The number of carbonyl (C=O) groups is 1. The van der Waals surface area contributed by atoms with E-state index in [4.69, 9.17) is 9.15 Å². The Bertz CT molecular complexity index is 1360. The Morgan fingerprint density at radius 3 is 2.68 bits per heavy atom. The van der Waals surface area contributed by atoms with E-state index in [2.05, 4.69) is 22.9 Å². The predicted octanol–water partition coefficient (Wildman–Crippen LogP) is 5.49. The van der Waals surface area contributed by atoms with Gasteiger partial charge in [0.05, 0.1) is 6.07 Å². The van der Waals surface area contributed by atoms with E-state index in [0.717, 1.165) is 47.1 Å². The third kappa shape index (κ3) is 5.20. The first-order valence-electron chi connectivity index (χ1n) is 12.9.